The molecule has 0 radical (unpaired) electrons. The van der Waals surface area contributed by atoms with Gasteiger partial charge in [0.2, 0.25) is 5.89 Å². The molecule has 0 saturated carbocycles. The number of methoxy groups -OCH3 is 2. The zero-order valence-electron chi connectivity index (χ0n) is 14.6. The zero-order valence-corrected chi connectivity index (χ0v) is 15.4. The molecule has 0 aliphatic carbocycles. The van der Waals surface area contributed by atoms with Crippen LogP contribution in [0.3, 0.4) is 0 Å². The molecule has 27 heavy (non-hydrogen) atoms. The quantitative estimate of drug-likeness (QED) is 0.644. The predicted molar refractivity (Wildman–Crippen MR) is 102 cm³/mol. The second-order valence-electron chi connectivity index (χ2n) is 5.33. The molecule has 0 atom stereocenters. The maximum Gasteiger partial charge on any atom is 0.322 e. The Bertz CT molecular complexity index is 985. The summed E-state index contributed by atoms with van der Waals surface area (Å²) in [5, 5.41) is 10.8. The van der Waals surface area contributed by atoms with E-state index in [9.17, 15) is 4.79 Å². The standard InChI is InChI=1S/C19H16ClN3O4/c1-25-15-9-7-13(11-16(15)26-2)18-22-23-19(27-18)21-17(24)10-8-12-5-3-4-6-14(12)20/h3-11H,1-2H3,(H,21,23,24). The molecule has 1 aromatic heterocycles. The van der Waals surface area contributed by atoms with Crippen molar-refractivity contribution in [2.24, 2.45) is 0 Å². The molecule has 0 spiro atoms. The predicted octanol–water partition coefficient (Wildman–Crippen LogP) is 4.06. The maximum absolute atomic E-state index is 12.0. The van der Waals surface area contributed by atoms with Crippen LogP contribution >= 0.6 is 11.6 Å². The molecule has 8 heteroatoms. The second-order valence-corrected chi connectivity index (χ2v) is 5.73. The third kappa shape index (κ3) is 4.45. The van der Waals surface area contributed by atoms with E-state index in [2.05, 4.69) is 15.5 Å². The highest BCUT2D eigenvalue weighted by Gasteiger charge is 2.13. The van der Waals surface area contributed by atoms with E-state index in [4.69, 9.17) is 25.5 Å². The highest BCUT2D eigenvalue weighted by Crippen LogP contribution is 2.32. The molecular weight excluding hydrogens is 370 g/mol. The number of carbonyl (C=O) groups is 1. The Balaban J connectivity index is 1.71. The van der Waals surface area contributed by atoms with Crippen molar-refractivity contribution in [1.82, 2.24) is 10.2 Å². The lowest BCUT2D eigenvalue weighted by Gasteiger charge is -2.07. The number of halogens is 1. The van der Waals surface area contributed by atoms with Gasteiger partial charge >= 0.3 is 6.01 Å². The number of ether oxygens (including phenoxy) is 2. The fraction of sp³-hybridized carbons (Fsp3) is 0.105. The number of carbonyl (C=O) groups excluding carboxylic acids is 1. The summed E-state index contributed by atoms with van der Waals surface area (Å²) < 4.78 is 15.9. The first-order chi connectivity index (χ1) is 13.1. The second kappa shape index (κ2) is 8.37. The summed E-state index contributed by atoms with van der Waals surface area (Å²) in [7, 11) is 3.08. The Morgan fingerprint density at radius 2 is 1.89 bits per heavy atom. The molecule has 1 N–H and O–H groups in total. The van der Waals surface area contributed by atoms with Crippen molar-refractivity contribution in [3.05, 3.63) is 59.1 Å². The van der Waals surface area contributed by atoms with Crippen molar-refractivity contribution in [1.29, 1.82) is 0 Å². The number of hydrogen-bond acceptors (Lipinski definition) is 6. The van der Waals surface area contributed by atoms with E-state index in [0.717, 1.165) is 5.56 Å². The number of amides is 1. The Morgan fingerprint density at radius 1 is 1.11 bits per heavy atom. The fourth-order valence-electron chi connectivity index (χ4n) is 2.28. The van der Waals surface area contributed by atoms with Gasteiger partial charge in [0.15, 0.2) is 11.5 Å². The van der Waals surface area contributed by atoms with E-state index in [0.29, 0.717) is 22.1 Å². The van der Waals surface area contributed by atoms with Crippen molar-refractivity contribution < 1.29 is 18.7 Å². The molecular formula is C19H16ClN3O4. The minimum absolute atomic E-state index is 0.0198. The lowest BCUT2D eigenvalue weighted by molar-refractivity contribution is -0.112. The molecule has 0 aliphatic rings. The summed E-state index contributed by atoms with van der Waals surface area (Å²) in [4.78, 5) is 12.0. The molecule has 0 unspecified atom stereocenters. The Labute approximate surface area is 160 Å². The SMILES string of the molecule is COc1ccc(-c2nnc(NC(=O)C=Cc3ccccc3Cl)o2)cc1OC. The van der Waals surface area contributed by atoms with Crippen molar-refractivity contribution in [2.45, 2.75) is 0 Å². The van der Waals surface area contributed by atoms with Gasteiger partial charge in [-0.15, -0.1) is 5.10 Å². The number of anilines is 1. The molecule has 7 nitrogen and oxygen atoms in total. The van der Waals surface area contributed by atoms with E-state index in [1.165, 1.54) is 13.2 Å². The van der Waals surface area contributed by atoms with Crippen LogP contribution in [0.25, 0.3) is 17.5 Å². The van der Waals surface area contributed by atoms with Crippen LogP contribution in [-0.2, 0) is 4.79 Å². The molecule has 2 aromatic carbocycles. The Morgan fingerprint density at radius 3 is 2.63 bits per heavy atom. The molecule has 0 fully saturated rings. The number of hydrogen-bond donors (Lipinski definition) is 1. The van der Waals surface area contributed by atoms with Crippen molar-refractivity contribution in [3.8, 4) is 23.0 Å². The topological polar surface area (TPSA) is 86.5 Å². The van der Waals surface area contributed by atoms with Crippen LogP contribution in [0, 0.1) is 0 Å². The van der Waals surface area contributed by atoms with Gasteiger partial charge in [0.25, 0.3) is 5.91 Å². The van der Waals surface area contributed by atoms with E-state index < -0.39 is 5.91 Å². The molecule has 0 bridgehead atoms. The highest BCUT2D eigenvalue weighted by molar-refractivity contribution is 6.32. The summed E-state index contributed by atoms with van der Waals surface area (Å²) in [5.41, 5.74) is 1.36. The smallest absolute Gasteiger partial charge is 0.322 e. The van der Waals surface area contributed by atoms with Crippen LogP contribution in [0.4, 0.5) is 6.01 Å². The van der Waals surface area contributed by atoms with Crippen LogP contribution in [-0.4, -0.2) is 30.3 Å². The summed E-state index contributed by atoms with van der Waals surface area (Å²) >= 11 is 6.04. The molecule has 3 aromatic rings. The lowest BCUT2D eigenvalue weighted by Crippen LogP contribution is -2.07. The van der Waals surface area contributed by atoms with Gasteiger partial charge in [0, 0.05) is 16.7 Å². The first-order valence-corrected chi connectivity index (χ1v) is 8.28. The van der Waals surface area contributed by atoms with Gasteiger partial charge in [-0.1, -0.05) is 34.9 Å². The third-order valence-corrected chi connectivity index (χ3v) is 3.95. The largest absolute Gasteiger partial charge is 0.493 e. The van der Waals surface area contributed by atoms with Gasteiger partial charge in [-0.2, -0.15) is 0 Å². The van der Waals surface area contributed by atoms with Crippen LogP contribution in [0.15, 0.2) is 53.0 Å². The summed E-state index contributed by atoms with van der Waals surface area (Å²) in [6.45, 7) is 0. The number of aromatic nitrogens is 2. The van der Waals surface area contributed by atoms with Crippen LogP contribution in [0.1, 0.15) is 5.56 Å². The monoisotopic (exact) mass is 385 g/mol. The summed E-state index contributed by atoms with van der Waals surface area (Å²) in [6, 6.07) is 12.3. The minimum Gasteiger partial charge on any atom is -0.493 e. The van der Waals surface area contributed by atoms with E-state index in [1.807, 2.05) is 12.1 Å². The van der Waals surface area contributed by atoms with E-state index >= 15 is 0 Å². The van der Waals surface area contributed by atoms with Gasteiger partial charge in [-0.3, -0.25) is 10.1 Å². The molecule has 0 saturated heterocycles. The normalized spacial score (nSPS) is 10.8. The Kier molecular flexibility index (Phi) is 5.73. The van der Waals surface area contributed by atoms with E-state index in [1.54, 1.807) is 43.5 Å². The highest BCUT2D eigenvalue weighted by atomic mass is 35.5. The van der Waals surface area contributed by atoms with Crippen molar-refractivity contribution in [2.75, 3.05) is 19.5 Å². The van der Waals surface area contributed by atoms with Crippen LogP contribution in [0.5, 0.6) is 11.5 Å². The van der Waals surface area contributed by atoms with Gasteiger partial charge in [-0.05, 0) is 35.9 Å². The minimum atomic E-state index is -0.419. The zero-order chi connectivity index (χ0) is 19.2. The number of nitrogens with zero attached hydrogens (tertiary/aromatic N) is 2. The van der Waals surface area contributed by atoms with Crippen LogP contribution in [0.2, 0.25) is 5.02 Å². The molecule has 3 rings (SSSR count). The van der Waals surface area contributed by atoms with E-state index in [-0.39, 0.29) is 11.9 Å². The molecule has 0 aliphatic heterocycles. The molecule has 1 heterocycles. The molecule has 138 valence electrons. The summed E-state index contributed by atoms with van der Waals surface area (Å²) in [6.07, 6.45) is 2.94. The van der Waals surface area contributed by atoms with Gasteiger partial charge < -0.3 is 13.9 Å². The van der Waals surface area contributed by atoms with Crippen molar-refractivity contribution >= 4 is 29.6 Å². The fourth-order valence-corrected chi connectivity index (χ4v) is 2.48. The Hall–Kier alpha value is -3.32. The average Bonchev–Trinajstić information content (AvgIpc) is 3.15. The first-order valence-electron chi connectivity index (χ1n) is 7.90. The summed E-state index contributed by atoms with van der Waals surface area (Å²) in [5.74, 6) is 0.930. The van der Waals surface area contributed by atoms with Gasteiger partial charge in [0.05, 0.1) is 14.2 Å². The molecule has 1 amide bonds. The average molecular weight is 386 g/mol. The van der Waals surface area contributed by atoms with Crippen LogP contribution < -0.4 is 14.8 Å². The maximum atomic E-state index is 12.0. The van der Waals surface area contributed by atoms with Crippen molar-refractivity contribution in [3.63, 3.8) is 0 Å². The first kappa shape index (κ1) is 18.5. The lowest BCUT2D eigenvalue weighted by atomic mass is 10.2. The van der Waals surface area contributed by atoms with Gasteiger partial charge in [-0.25, -0.2) is 0 Å². The number of benzene rings is 2. The third-order valence-electron chi connectivity index (χ3n) is 3.61. The van der Waals surface area contributed by atoms with Gasteiger partial charge in [0.1, 0.15) is 0 Å². The number of nitrogens with one attached hydrogen (secondary N) is 1. The number of rotatable bonds is 6.